The summed E-state index contributed by atoms with van der Waals surface area (Å²) in [7, 11) is 0. The molecular formula is C8H13O2. The van der Waals surface area contributed by atoms with E-state index in [-0.39, 0.29) is 6.61 Å². The summed E-state index contributed by atoms with van der Waals surface area (Å²) in [6, 6.07) is 0. The fourth-order valence-corrected chi connectivity index (χ4v) is 0.924. The number of allylic oxidation sites excluding steroid dienone is 1. The SMILES string of the molecule is C=CC[C](CO)CC1CO1. The molecule has 1 radical (unpaired) electrons. The van der Waals surface area contributed by atoms with Crippen LogP contribution in [-0.2, 0) is 4.74 Å². The molecule has 1 aliphatic heterocycles. The maximum atomic E-state index is 8.79. The lowest BCUT2D eigenvalue weighted by atomic mass is 10.0. The number of hydrogen-bond acceptors (Lipinski definition) is 2. The Hall–Kier alpha value is -0.340. The molecule has 1 atom stereocenters. The van der Waals surface area contributed by atoms with E-state index in [1.165, 1.54) is 0 Å². The predicted octanol–water partition coefficient (Wildman–Crippen LogP) is 0.918. The van der Waals surface area contributed by atoms with Crippen LogP contribution in [0.4, 0.5) is 0 Å². The number of aliphatic hydroxyl groups is 1. The zero-order valence-electron chi connectivity index (χ0n) is 6.05. The summed E-state index contributed by atoms with van der Waals surface area (Å²) in [5, 5.41) is 8.79. The third-order valence-corrected chi connectivity index (χ3v) is 1.58. The molecule has 1 unspecified atom stereocenters. The quantitative estimate of drug-likeness (QED) is 0.456. The van der Waals surface area contributed by atoms with E-state index < -0.39 is 0 Å². The average molecular weight is 141 g/mol. The fraction of sp³-hybridized carbons (Fsp3) is 0.625. The Kier molecular flexibility index (Phi) is 2.90. The third-order valence-electron chi connectivity index (χ3n) is 1.58. The molecule has 1 N–H and O–H groups in total. The zero-order valence-corrected chi connectivity index (χ0v) is 6.05. The number of rotatable bonds is 5. The lowest BCUT2D eigenvalue weighted by Crippen LogP contribution is -2.05. The van der Waals surface area contributed by atoms with E-state index in [1.54, 1.807) is 0 Å². The number of aliphatic hydroxyl groups excluding tert-OH is 1. The second kappa shape index (κ2) is 3.74. The van der Waals surface area contributed by atoms with Crippen LogP contribution in [0.3, 0.4) is 0 Å². The van der Waals surface area contributed by atoms with E-state index in [1.807, 2.05) is 6.08 Å². The summed E-state index contributed by atoms with van der Waals surface area (Å²) >= 11 is 0. The summed E-state index contributed by atoms with van der Waals surface area (Å²) in [6.45, 7) is 4.64. The van der Waals surface area contributed by atoms with Crippen molar-refractivity contribution in [2.75, 3.05) is 13.2 Å². The van der Waals surface area contributed by atoms with Gasteiger partial charge in [-0.2, -0.15) is 0 Å². The van der Waals surface area contributed by atoms with Crippen LogP contribution in [0.2, 0.25) is 0 Å². The molecule has 1 saturated heterocycles. The molecule has 1 heterocycles. The molecule has 1 rings (SSSR count). The van der Waals surface area contributed by atoms with Crippen LogP contribution in [0.25, 0.3) is 0 Å². The molecule has 0 aromatic heterocycles. The van der Waals surface area contributed by atoms with Crippen LogP contribution in [0.5, 0.6) is 0 Å². The molecule has 0 spiro atoms. The second-order valence-corrected chi connectivity index (χ2v) is 2.56. The molecule has 0 bridgehead atoms. The standard InChI is InChI=1S/C8H13O2/c1-2-3-7(5-9)4-8-6-10-8/h2,8-9H,1,3-6H2. The number of epoxide rings is 1. The first-order valence-electron chi connectivity index (χ1n) is 3.53. The van der Waals surface area contributed by atoms with E-state index in [0.717, 1.165) is 25.4 Å². The van der Waals surface area contributed by atoms with Gasteiger partial charge in [0.05, 0.1) is 12.7 Å². The van der Waals surface area contributed by atoms with Gasteiger partial charge in [0.25, 0.3) is 0 Å². The number of ether oxygens (including phenoxy) is 1. The van der Waals surface area contributed by atoms with Crippen molar-refractivity contribution in [1.29, 1.82) is 0 Å². The van der Waals surface area contributed by atoms with Crippen molar-refractivity contribution in [1.82, 2.24) is 0 Å². The molecule has 0 aromatic carbocycles. The van der Waals surface area contributed by atoms with Gasteiger partial charge in [-0.1, -0.05) is 6.08 Å². The van der Waals surface area contributed by atoms with Crippen molar-refractivity contribution < 1.29 is 9.84 Å². The highest BCUT2D eigenvalue weighted by atomic mass is 16.6. The monoisotopic (exact) mass is 141 g/mol. The molecule has 2 nitrogen and oxygen atoms in total. The first kappa shape index (κ1) is 7.76. The summed E-state index contributed by atoms with van der Waals surface area (Å²) in [5.41, 5.74) is 0. The molecule has 2 heteroatoms. The van der Waals surface area contributed by atoms with Gasteiger partial charge in [0, 0.05) is 12.5 Å². The molecule has 0 aromatic rings. The lowest BCUT2D eigenvalue weighted by Gasteiger charge is -2.07. The van der Waals surface area contributed by atoms with Crippen LogP contribution in [0, 0.1) is 5.92 Å². The minimum absolute atomic E-state index is 0.173. The first-order chi connectivity index (χ1) is 4.86. The van der Waals surface area contributed by atoms with Crippen molar-refractivity contribution in [2.45, 2.75) is 18.9 Å². The maximum absolute atomic E-state index is 8.79. The van der Waals surface area contributed by atoms with Crippen LogP contribution < -0.4 is 0 Å². The zero-order chi connectivity index (χ0) is 7.40. The van der Waals surface area contributed by atoms with E-state index >= 15 is 0 Å². The van der Waals surface area contributed by atoms with Gasteiger partial charge in [0.1, 0.15) is 0 Å². The van der Waals surface area contributed by atoms with E-state index in [0.29, 0.717) is 6.10 Å². The highest BCUT2D eigenvalue weighted by Crippen LogP contribution is 2.22. The van der Waals surface area contributed by atoms with Gasteiger partial charge >= 0.3 is 0 Å². The van der Waals surface area contributed by atoms with Gasteiger partial charge in [0.2, 0.25) is 0 Å². The van der Waals surface area contributed by atoms with Crippen LogP contribution in [0.15, 0.2) is 12.7 Å². The normalized spacial score (nSPS) is 23.2. The van der Waals surface area contributed by atoms with Crippen molar-refractivity contribution in [2.24, 2.45) is 0 Å². The topological polar surface area (TPSA) is 32.8 Å². The minimum atomic E-state index is 0.173. The first-order valence-corrected chi connectivity index (χ1v) is 3.53. The van der Waals surface area contributed by atoms with E-state index in [4.69, 9.17) is 9.84 Å². The fourth-order valence-electron chi connectivity index (χ4n) is 0.924. The third kappa shape index (κ3) is 2.50. The molecule has 57 valence electrons. The summed E-state index contributed by atoms with van der Waals surface area (Å²) in [6.07, 6.45) is 3.93. The molecule has 1 aliphatic rings. The van der Waals surface area contributed by atoms with Crippen molar-refractivity contribution in [3.8, 4) is 0 Å². The van der Waals surface area contributed by atoms with Gasteiger partial charge in [-0.05, 0) is 12.8 Å². The van der Waals surface area contributed by atoms with E-state index in [2.05, 4.69) is 6.58 Å². The summed E-state index contributed by atoms with van der Waals surface area (Å²) in [5.74, 6) is 1.12. The Labute approximate surface area is 61.5 Å². The molecule has 0 aliphatic carbocycles. The van der Waals surface area contributed by atoms with Gasteiger partial charge in [-0.25, -0.2) is 0 Å². The Morgan fingerprint density at radius 3 is 2.90 bits per heavy atom. The molecule has 0 amide bonds. The van der Waals surface area contributed by atoms with Crippen LogP contribution in [-0.4, -0.2) is 24.4 Å². The largest absolute Gasteiger partial charge is 0.396 e. The Morgan fingerprint density at radius 1 is 1.80 bits per heavy atom. The molecule has 10 heavy (non-hydrogen) atoms. The van der Waals surface area contributed by atoms with Crippen molar-refractivity contribution in [3.05, 3.63) is 18.6 Å². The maximum Gasteiger partial charge on any atom is 0.0816 e. The van der Waals surface area contributed by atoms with Gasteiger partial charge in [0.15, 0.2) is 0 Å². The van der Waals surface area contributed by atoms with Gasteiger partial charge in [-0.15, -0.1) is 6.58 Å². The van der Waals surface area contributed by atoms with Gasteiger partial charge < -0.3 is 9.84 Å². The average Bonchev–Trinajstić information content (AvgIpc) is 2.71. The van der Waals surface area contributed by atoms with Crippen LogP contribution >= 0.6 is 0 Å². The molecule has 1 fully saturated rings. The minimum Gasteiger partial charge on any atom is -0.396 e. The van der Waals surface area contributed by atoms with Crippen LogP contribution in [0.1, 0.15) is 12.8 Å². The second-order valence-electron chi connectivity index (χ2n) is 2.56. The summed E-state index contributed by atoms with van der Waals surface area (Å²) < 4.78 is 5.02. The summed E-state index contributed by atoms with van der Waals surface area (Å²) in [4.78, 5) is 0. The Balaban J connectivity index is 2.11. The molecular weight excluding hydrogens is 128 g/mol. The Bertz CT molecular complexity index is 108. The highest BCUT2D eigenvalue weighted by Gasteiger charge is 2.25. The van der Waals surface area contributed by atoms with Crippen molar-refractivity contribution >= 4 is 0 Å². The number of hydrogen-bond donors (Lipinski definition) is 1. The molecule has 0 saturated carbocycles. The highest BCUT2D eigenvalue weighted by molar-refractivity contribution is 4.99. The van der Waals surface area contributed by atoms with Crippen molar-refractivity contribution in [3.63, 3.8) is 0 Å². The Morgan fingerprint density at radius 2 is 2.50 bits per heavy atom. The van der Waals surface area contributed by atoms with Gasteiger partial charge in [-0.3, -0.25) is 0 Å². The smallest absolute Gasteiger partial charge is 0.0816 e. The van der Waals surface area contributed by atoms with E-state index in [9.17, 15) is 0 Å². The predicted molar refractivity (Wildman–Crippen MR) is 39.5 cm³/mol. The lowest BCUT2D eigenvalue weighted by molar-refractivity contribution is 0.289.